The molecule has 0 unspecified atom stereocenters. The minimum absolute atomic E-state index is 0.303. The highest BCUT2D eigenvalue weighted by Crippen LogP contribution is 2.34. The first-order chi connectivity index (χ1) is 4.38. The molecule has 50 valence electrons. The second-order valence-electron chi connectivity index (χ2n) is 3.04. The molecule has 2 nitrogen and oxygen atoms in total. The van der Waals surface area contributed by atoms with E-state index in [0.717, 1.165) is 13.0 Å². The zero-order valence-corrected chi connectivity index (χ0v) is 5.39. The van der Waals surface area contributed by atoms with Gasteiger partial charge in [-0.15, -0.1) is 0 Å². The number of nitrogens with one attached hydrogen (secondary N) is 1. The van der Waals surface area contributed by atoms with Crippen LogP contribution in [0.1, 0.15) is 19.3 Å². The molecule has 0 aromatic heterocycles. The fourth-order valence-electron chi connectivity index (χ4n) is 1.99. The van der Waals surface area contributed by atoms with Crippen LogP contribution in [0.3, 0.4) is 0 Å². The van der Waals surface area contributed by atoms with E-state index in [2.05, 4.69) is 5.32 Å². The predicted octanol–water partition coefficient (Wildman–Crippen LogP) is 0.532. The number of carbonyl (C=O) groups excluding carboxylic acids is 1. The topological polar surface area (TPSA) is 29.1 Å². The normalized spacial score (nSPS) is 40.7. The van der Waals surface area contributed by atoms with Gasteiger partial charge in [-0.25, -0.2) is 0 Å². The third-order valence-electron chi connectivity index (χ3n) is 2.53. The third-order valence-corrected chi connectivity index (χ3v) is 2.53. The Hall–Kier alpha value is -0.530. The number of carbonyl (C=O) groups is 1. The van der Waals surface area contributed by atoms with E-state index in [1.807, 2.05) is 0 Å². The smallest absolute Gasteiger partial charge is 0.223 e. The van der Waals surface area contributed by atoms with Crippen molar-refractivity contribution in [1.82, 2.24) is 5.32 Å². The summed E-state index contributed by atoms with van der Waals surface area (Å²) >= 11 is 0. The van der Waals surface area contributed by atoms with Crippen molar-refractivity contribution in [2.45, 2.75) is 19.3 Å². The molecule has 0 bridgehead atoms. The maximum absolute atomic E-state index is 10.9. The Labute approximate surface area is 54.6 Å². The average Bonchev–Trinajstić information content (AvgIpc) is 2.35. The van der Waals surface area contributed by atoms with E-state index >= 15 is 0 Å². The summed E-state index contributed by atoms with van der Waals surface area (Å²) in [4.78, 5) is 10.9. The highest BCUT2D eigenvalue weighted by Gasteiger charge is 2.37. The molecule has 1 aliphatic heterocycles. The molecule has 2 rings (SSSR count). The lowest BCUT2D eigenvalue weighted by Gasteiger charge is -2.00. The lowest BCUT2D eigenvalue weighted by molar-refractivity contribution is -0.122. The number of amides is 1. The molecule has 2 heteroatoms. The minimum Gasteiger partial charge on any atom is -0.356 e. The van der Waals surface area contributed by atoms with Gasteiger partial charge in [0.2, 0.25) is 5.91 Å². The van der Waals surface area contributed by atoms with Crippen LogP contribution in [0.2, 0.25) is 0 Å². The first-order valence-electron chi connectivity index (χ1n) is 3.65. The summed E-state index contributed by atoms with van der Waals surface area (Å²) in [6.07, 6.45) is 3.67. The molecule has 0 aromatic carbocycles. The van der Waals surface area contributed by atoms with Crippen LogP contribution in [0.4, 0.5) is 0 Å². The molecule has 1 amide bonds. The molecule has 1 saturated carbocycles. The first-order valence-corrected chi connectivity index (χ1v) is 3.65. The maximum atomic E-state index is 10.9. The predicted molar refractivity (Wildman–Crippen MR) is 33.8 cm³/mol. The summed E-state index contributed by atoms with van der Waals surface area (Å²) < 4.78 is 0. The number of fused-ring (bicyclic) bond motifs is 1. The summed E-state index contributed by atoms with van der Waals surface area (Å²) in [6.45, 7) is 0.948. The van der Waals surface area contributed by atoms with Crippen molar-refractivity contribution in [3.05, 3.63) is 0 Å². The van der Waals surface area contributed by atoms with Crippen LogP contribution in [0.5, 0.6) is 0 Å². The SMILES string of the molecule is O=C1NC[C@H]2CCC[C@@H]12. The maximum Gasteiger partial charge on any atom is 0.223 e. The van der Waals surface area contributed by atoms with E-state index in [1.165, 1.54) is 12.8 Å². The van der Waals surface area contributed by atoms with Crippen molar-refractivity contribution in [1.29, 1.82) is 0 Å². The van der Waals surface area contributed by atoms with Gasteiger partial charge in [-0.3, -0.25) is 4.79 Å². The molecule has 1 aliphatic carbocycles. The zero-order valence-electron chi connectivity index (χ0n) is 5.39. The van der Waals surface area contributed by atoms with Crippen LogP contribution in [-0.2, 0) is 4.79 Å². The molecule has 0 radical (unpaired) electrons. The zero-order chi connectivity index (χ0) is 6.27. The van der Waals surface area contributed by atoms with Gasteiger partial charge in [0.1, 0.15) is 0 Å². The standard InChI is InChI=1S/C7H11NO/c9-7-6-3-1-2-5(6)4-8-7/h5-6H,1-4H2,(H,8,9)/t5-,6-/m1/s1. The van der Waals surface area contributed by atoms with E-state index in [0.29, 0.717) is 17.7 Å². The van der Waals surface area contributed by atoms with Gasteiger partial charge in [0.15, 0.2) is 0 Å². The largest absolute Gasteiger partial charge is 0.356 e. The highest BCUT2D eigenvalue weighted by molar-refractivity contribution is 5.81. The van der Waals surface area contributed by atoms with Gasteiger partial charge < -0.3 is 5.32 Å². The Morgan fingerprint density at radius 2 is 2.33 bits per heavy atom. The third kappa shape index (κ3) is 0.655. The molecule has 9 heavy (non-hydrogen) atoms. The monoisotopic (exact) mass is 125 g/mol. The second-order valence-corrected chi connectivity index (χ2v) is 3.04. The summed E-state index contributed by atoms with van der Waals surface area (Å²) in [5.74, 6) is 1.39. The quantitative estimate of drug-likeness (QED) is 0.502. The fourth-order valence-corrected chi connectivity index (χ4v) is 1.99. The van der Waals surface area contributed by atoms with Crippen LogP contribution >= 0.6 is 0 Å². The van der Waals surface area contributed by atoms with Gasteiger partial charge in [-0.1, -0.05) is 6.42 Å². The van der Waals surface area contributed by atoms with Crippen molar-refractivity contribution < 1.29 is 4.79 Å². The van der Waals surface area contributed by atoms with Gasteiger partial charge in [0, 0.05) is 12.5 Å². The number of hydrogen-bond donors (Lipinski definition) is 1. The van der Waals surface area contributed by atoms with E-state index < -0.39 is 0 Å². The Morgan fingerprint density at radius 1 is 1.44 bits per heavy atom. The summed E-state index contributed by atoms with van der Waals surface area (Å²) in [5.41, 5.74) is 0. The summed E-state index contributed by atoms with van der Waals surface area (Å²) in [6, 6.07) is 0. The molecule has 2 atom stereocenters. The Kier molecular flexibility index (Phi) is 1.01. The molecular formula is C7H11NO. The molecule has 1 N–H and O–H groups in total. The van der Waals surface area contributed by atoms with Gasteiger partial charge in [0.05, 0.1) is 0 Å². The lowest BCUT2D eigenvalue weighted by Crippen LogP contribution is -2.18. The van der Waals surface area contributed by atoms with E-state index in [9.17, 15) is 4.79 Å². The summed E-state index contributed by atoms with van der Waals surface area (Å²) in [7, 11) is 0. The molecule has 2 fully saturated rings. The first kappa shape index (κ1) is 5.27. The second kappa shape index (κ2) is 1.72. The minimum atomic E-state index is 0.303. The van der Waals surface area contributed by atoms with Crippen LogP contribution in [0.15, 0.2) is 0 Å². The van der Waals surface area contributed by atoms with E-state index in [4.69, 9.17) is 0 Å². The molecule has 1 heterocycles. The van der Waals surface area contributed by atoms with Crippen molar-refractivity contribution >= 4 is 5.91 Å². The van der Waals surface area contributed by atoms with Gasteiger partial charge in [-0.05, 0) is 18.8 Å². The van der Waals surface area contributed by atoms with Gasteiger partial charge >= 0.3 is 0 Å². The molecule has 0 aromatic rings. The fraction of sp³-hybridized carbons (Fsp3) is 0.857. The number of rotatable bonds is 0. The summed E-state index contributed by atoms with van der Waals surface area (Å²) in [5, 5.41) is 2.88. The van der Waals surface area contributed by atoms with Gasteiger partial charge in [-0.2, -0.15) is 0 Å². The number of hydrogen-bond acceptors (Lipinski definition) is 1. The molecule has 1 saturated heterocycles. The Bertz CT molecular complexity index is 144. The van der Waals surface area contributed by atoms with Crippen molar-refractivity contribution in [3.63, 3.8) is 0 Å². The van der Waals surface area contributed by atoms with Crippen LogP contribution in [-0.4, -0.2) is 12.5 Å². The van der Waals surface area contributed by atoms with Crippen LogP contribution in [0.25, 0.3) is 0 Å². The van der Waals surface area contributed by atoms with Gasteiger partial charge in [0.25, 0.3) is 0 Å². The molecule has 0 spiro atoms. The lowest BCUT2D eigenvalue weighted by atomic mass is 10.0. The van der Waals surface area contributed by atoms with Crippen molar-refractivity contribution in [2.24, 2.45) is 11.8 Å². The highest BCUT2D eigenvalue weighted by atomic mass is 16.2. The van der Waals surface area contributed by atoms with Crippen molar-refractivity contribution in [2.75, 3.05) is 6.54 Å². The van der Waals surface area contributed by atoms with Crippen LogP contribution < -0.4 is 5.32 Å². The van der Waals surface area contributed by atoms with Crippen LogP contribution in [0, 0.1) is 11.8 Å². The van der Waals surface area contributed by atoms with Crippen molar-refractivity contribution in [3.8, 4) is 0 Å². The molecular weight excluding hydrogens is 114 g/mol. The molecule has 2 aliphatic rings. The van der Waals surface area contributed by atoms with E-state index in [-0.39, 0.29) is 0 Å². The van der Waals surface area contributed by atoms with E-state index in [1.54, 1.807) is 0 Å². The Morgan fingerprint density at radius 3 is 3.11 bits per heavy atom. The average molecular weight is 125 g/mol. The Balaban J connectivity index is 2.15.